The molecule has 7 nitrogen and oxygen atoms in total. The van der Waals surface area contributed by atoms with Crippen LogP contribution in [0.25, 0.3) is 0 Å². The predicted octanol–water partition coefficient (Wildman–Crippen LogP) is 3.74. The van der Waals surface area contributed by atoms with Gasteiger partial charge in [-0.1, -0.05) is 35.3 Å². The van der Waals surface area contributed by atoms with E-state index in [-0.39, 0.29) is 18.2 Å². The summed E-state index contributed by atoms with van der Waals surface area (Å²) in [7, 11) is 1.51. The van der Waals surface area contributed by atoms with Crippen molar-refractivity contribution in [2.45, 2.75) is 19.4 Å². The second kappa shape index (κ2) is 10.7. The molecule has 0 bridgehead atoms. The van der Waals surface area contributed by atoms with Crippen LogP contribution in [0.5, 0.6) is 0 Å². The fourth-order valence-electron chi connectivity index (χ4n) is 2.71. The third-order valence-corrected chi connectivity index (χ3v) is 4.43. The third-order valence-electron chi connectivity index (χ3n) is 3.99. The number of rotatable bonds is 7. The second-order valence-corrected chi connectivity index (χ2v) is 7.01. The summed E-state index contributed by atoms with van der Waals surface area (Å²) in [5.74, 6) is -0.709. The number of anilines is 1. The molecule has 0 aliphatic heterocycles. The Labute approximate surface area is 179 Å². The van der Waals surface area contributed by atoms with Gasteiger partial charge in [0, 0.05) is 23.6 Å². The van der Waals surface area contributed by atoms with E-state index >= 15 is 0 Å². The Morgan fingerprint density at radius 1 is 1.03 bits per heavy atom. The number of carbonyl (C=O) groups is 3. The molecule has 1 atom stereocenters. The SMILES string of the molecule is CCNC(=O)NC(CC(=O)Nc1ccccc1C(=O)NC)c1cc(Cl)cc(Cl)c1. The number of nitrogens with one attached hydrogen (secondary N) is 4. The minimum absolute atomic E-state index is 0.0874. The first-order valence-corrected chi connectivity index (χ1v) is 9.71. The van der Waals surface area contributed by atoms with E-state index in [2.05, 4.69) is 21.3 Å². The number of hydrogen-bond donors (Lipinski definition) is 4. The van der Waals surface area contributed by atoms with E-state index in [0.29, 0.717) is 33.4 Å². The normalized spacial score (nSPS) is 11.3. The van der Waals surface area contributed by atoms with Crippen molar-refractivity contribution in [3.8, 4) is 0 Å². The van der Waals surface area contributed by atoms with Gasteiger partial charge in [0.25, 0.3) is 5.91 Å². The Balaban J connectivity index is 2.23. The van der Waals surface area contributed by atoms with Gasteiger partial charge in [-0.05, 0) is 42.8 Å². The average molecular weight is 437 g/mol. The number of halogens is 2. The van der Waals surface area contributed by atoms with Gasteiger partial charge in [0.05, 0.1) is 23.7 Å². The first-order valence-electron chi connectivity index (χ1n) is 8.95. The molecule has 9 heteroatoms. The van der Waals surface area contributed by atoms with Crippen LogP contribution in [0.3, 0.4) is 0 Å². The van der Waals surface area contributed by atoms with Crippen molar-refractivity contribution in [1.29, 1.82) is 0 Å². The molecule has 0 saturated carbocycles. The zero-order valence-electron chi connectivity index (χ0n) is 16.0. The second-order valence-electron chi connectivity index (χ2n) is 6.14. The highest BCUT2D eigenvalue weighted by Crippen LogP contribution is 2.26. The van der Waals surface area contributed by atoms with E-state index in [1.807, 2.05) is 0 Å². The zero-order chi connectivity index (χ0) is 21.4. The standard InChI is InChI=1S/C20H22Cl2N4O3/c1-3-24-20(29)26-17(12-8-13(21)10-14(22)9-12)11-18(27)25-16-7-5-4-6-15(16)19(28)23-2/h4-10,17H,3,11H2,1-2H3,(H,23,28)(H,25,27)(H2,24,26,29). The van der Waals surface area contributed by atoms with Crippen molar-refractivity contribution in [3.05, 3.63) is 63.6 Å². The lowest BCUT2D eigenvalue weighted by Crippen LogP contribution is -2.39. The molecule has 4 amide bonds. The maximum Gasteiger partial charge on any atom is 0.315 e. The summed E-state index contributed by atoms with van der Waals surface area (Å²) in [6.07, 6.45) is -0.0874. The van der Waals surface area contributed by atoms with Crippen LogP contribution in [-0.4, -0.2) is 31.4 Å². The minimum atomic E-state index is -0.676. The van der Waals surface area contributed by atoms with Crippen LogP contribution in [-0.2, 0) is 4.79 Å². The summed E-state index contributed by atoms with van der Waals surface area (Å²) >= 11 is 12.1. The molecule has 0 aliphatic rings. The van der Waals surface area contributed by atoms with Crippen molar-refractivity contribution < 1.29 is 14.4 Å². The summed E-state index contributed by atoms with van der Waals surface area (Å²) in [5, 5.41) is 11.4. The van der Waals surface area contributed by atoms with E-state index in [1.165, 1.54) is 7.05 Å². The molecular formula is C20H22Cl2N4O3. The van der Waals surface area contributed by atoms with Crippen LogP contribution in [0.4, 0.5) is 10.5 Å². The van der Waals surface area contributed by atoms with Crippen molar-refractivity contribution in [2.24, 2.45) is 0 Å². The average Bonchev–Trinajstić information content (AvgIpc) is 2.66. The summed E-state index contributed by atoms with van der Waals surface area (Å²) < 4.78 is 0. The molecule has 0 saturated heterocycles. The zero-order valence-corrected chi connectivity index (χ0v) is 17.5. The van der Waals surface area contributed by atoms with Gasteiger partial charge < -0.3 is 21.3 Å². The van der Waals surface area contributed by atoms with Gasteiger partial charge in [-0.15, -0.1) is 0 Å². The molecule has 4 N–H and O–H groups in total. The van der Waals surface area contributed by atoms with Gasteiger partial charge >= 0.3 is 6.03 Å². The number of urea groups is 1. The topological polar surface area (TPSA) is 99.3 Å². The fraction of sp³-hybridized carbons (Fsp3) is 0.250. The van der Waals surface area contributed by atoms with Gasteiger partial charge in [0.2, 0.25) is 5.91 Å². The predicted molar refractivity (Wildman–Crippen MR) is 114 cm³/mol. The molecule has 1 unspecified atom stereocenters. The highest BCUT2D eigenvalue weighted by Gasteiger charge is 2.21. The third kappa shape index (κ3) is 6.66. The molecule has 0 heterocycles. The first kappa shape index (κ1) is 22.5. The smallest absolute Gasteiger partial charge is 0.315 e. The Kier molecular flexibility index (Phi) is 8.30. The molecule has 0 aromatic heterocycles. The van der Waals surface area contributed by atoms with Crippen molar-refractivity contribution in [2.75, 3.05) is 18.9 Å². The highest BCUT2D eigenvalue weighted by molar-refractivity contribution is 6.34. The number of para-hydroxylation sites is 1. The Hall–Kier alpha value is -2.77. The fourth-order valence-corrected chi connectivity index (χ4v) is 3.25. The van der Waals surface area contributed by atoms with E-state index < -0.39 is 12.1 Å². The first-order chi connectivity index (χ1) is 13.8. The molecule has 2 rings (SSSR count). The summed E-state index contributed by atoms with van der Waals surface area (Å²) in [4.78, 5) is 36.7. The maximum atomic E-state index is 12.7. The number of carbonyl (C=O) groups excluding carboxylic acids is 3. The minimum Gasteiger partial charge on any atom is -0.355 e. The maximum absolute atomic E-state index is 12.7. The van der Waals surface area contributed by atoms with Gasteiger partial charge in [0.1, 0.15) is 0 Å². The number of hydrogen-bond acceptors (Lipinski definition) is 3. The number of benzene rings is 2. The van der Waals surface area contributed by atoms with Crippen LogP contribution >= 0.6 is 23.2 Å². The van der Waals surface area contributed by atoms with E-state index in [1.54, 1.807) is 49.4 Å². The summed E-state index contributed by atoms with van der Waals surface area (Å²) in [5.41, 5.74) is 1.30. The lowest BCUT2D eigenvalue weighted by Gasteiger charge is -2.20. The van der Waals surface area contributed by atoms with E-state index in [0.717, 1.165) is 0 Å². The van der Waals surface area contributed by atoms with Crippen molar-refractivity contribution >= 4 is 46.7 Å². The van der Waals surface area contributed by atoms with Crippen molar-refractivity contribution in [3.63, 3.8) is 0 Å². The van der Waals surface area contributed by atoms with E-state index in [9.17, 15) is 14.4 Å². The molecule has 29 heavy (non-hydrogen) atoms. The lowest BCUT2D eigenvalue weighted by atomic mass is 10.0. The van der Waals surface area contributed by atoms with Gasteiger partial charge in [0.15, 0.2) is 0 Å². The molecule has 154 valence electrons. The largest absolute Gasteiger partial charge is 0.355 e. The van der Waals surface area contributed by atoms with Gasteiger partial charge in [-0.25, -0.2) is 4.79 Å². The van der Waals surface area contributed by atoms with Crippen LogP contribution < -0.4 is 21.3 Å². The summed E-state index contributed by atoms with van der Waals surface area (Å²) in [6.45, 7) is 2.22. The molecule has 0 radical (unpaired) electrons. The van der Waals surface area contributed by atoms with Crippen LogP contribution in [0.1, 0.15) is 35.3 Å². The van der Waals surface area contributed by atoms with E-state index in [4.69, 9.17) is 23.2 Å². The Morgan fingerprint density at radius 2 is 1.69 bits per heavy atom. The quantitative estimate of drug-likeness (QED) is 0.531. The lowest BCUT2D eigenvalue weighted by molar-refractivity contribution is -0.116. The summed E-state index contributed by atoms with van der Waals surface area (Å²) in [6, 6.07) is 10.4. The molecule has 0 fully saturated rings. The molecule has 2 aromatic rings. The monoisotopic (exact) mass is 436 g/mol. The van der Waals surface area contributed by atoms with Gasteiger partial charge in [-0.3, -0.25) is 9.59 Å². The Morgan fingerprint density at radius 3 is 2.31 bits per heavy atom. The molecule has 0 spiro atoms. The molecular weight excluding hydrogens is 415 g/mol. The van der Waals surface area contributed by atoms with Crippen molar-refractivity contribution in [1.82, 2.24) is 16.0 Å². The Bertz CT molecular complexity index is 885. The highest BCUT2D eigenvalue weighted by atomic mass is 35.5. The van der Waals surface area contributed by atoms with Crippen LogP contribution in [0, 0.1) is 0 Å². The molecule has 2 aromatic carbocycles. The van der Waals surface area contributed by atoms with Crippen LogP contribution in [0.15, 0.2) is 42.5 Å². The number of amides is 4. The molecule has 0 aliphatic carbocycles. The van der Waals surface area contributed by atoms with Gasteiger partial charge in [-0.2, -0.15) is 0 Å². The van der Waals surface area contributed by atoms with Crippen LogP contribution in [0.2, 0.25) is 10.0 Å².